The molecule has 0 aromatic heterocycles. The van der Waals surface area contributed by atoms with E-state index in [0.29, 0.717) is 13.1 Å². The fraction of sp³-hybridized carbons (Fsp3) is 1.00. The highest BCUT2D eigenvalue weighted by Crippen LogP contribution is 2.10. The first-order chi connectivity index (χ1) is 11.5. The molecule has 0 radical (unpaired) electrons. The summed E-state index contributed by atoms with van der Waals surface area (Å²) in [6.07, 6.45) is 5.86. The standard InChI is InChI=1S/C14H30N6O4/c1-3-5-7-9-15-11-17(19(21)22)13-16(10-8-6-4-2)14-18(12-15)20(23)24/h3-14H2,1-2H3. The predicted molar refractivity (Wildman–Crippen MR) is 89.6 cm³/mol. The molecule has 0 aromatic carbocycles. The number of hydrazine groups is 2. The molecule has 0 spiro atoms. The van der Waals surface area contributed by atoms with Gasteiger partial charge < -0.3 is 0 Å². The Morgan fingerprint density at radius 3 is 1.29 bits per heavy atom. The summed E-state index contributed by atoms with van der Waals surface area (Å²) in [5, 5.41) is 24.1. The van der Waals surface area contributed by atoms with E-state index in [4.69, 9.17) is 0 Å². The van der Waals surface area contributed by atoms with Crippen LogP contribution >= 0.6 is 0 Å². The first-order valence-corrected chi connectivity index (χ1v) is 8.71. The SMILES string of the molecule is CCCCCN1CN([N+](=O)[O-])CN(CCCCC)CN([N+](=O)[O-])C1. The van der Waals surface area contributed by atoms with Gasteiger partial charge in [-0.05, 0) is 12.8 Å². The van der Waals surface area contributed by atoms with Crippen molar-refractivity contribution in [3.8, 4) is 0 Å². The van der Waals surface area contributed by atoms with Gasteiger partial charge in [-0.3, -0.25) is 9.80 Å². The molecule has 0 unspecified atom stereocenters. The second kappa shape index (κ2) is 11.0. The van der Waals surface area contributed by atoms with Crippen LogP contribution in [0.25, 0.3) is 0 Å². The van der Waals surface area contributed by atoms with Gasteiger partial charge in [0.25, 0.3) is 0 Å². The van der Waals surface area contributed by atoms with Crippen LogP contribution in [0.1, 0.15) is 52.4 Å². The molecule has 0 atom stereocenters. The Kier molecular flexibility index (Phi) is 9.31. The summed E-state index contributed by atoms with van der Waals surface area (Å²) in [6, 6.07) is 0. The van der Waals surface area contributed by atoms with Gasteiger partial charge in [0.2, 0.25) is 0 Å². The molecule has 1 saturated heterocycles. The van der Waals surface area contributed by atoms with Crippen LogP contribution in [0.3, 0.4) is 0 Å². The Morgan fingerprint density at radius 2 is 1.04 bits per heavy atom. The van der Waals surface area contributed by atoms with Crippen LogP contribution in [0, 0.1) is 20.2 Å². The van der Waals surface area contributed by atoms with Crippen molar-refractivity contribution in [2.45, 2.75) is 52.4 Å². The fourth-order valence-corrected chi connectivity index (χ4v) is 2.76. The van der Waals surface area contributed by atoms with E-state index in [2.05, 4.69) is 13.8 Å². The lowest BCUT2D eigenvalue weighted by Crippen LogP contribution is -2.57. The van der Waals surface area contributed by atoms with Crippen molar-refractivity contribution >= 4 is 0 Å². The lowest BCUT2D eigenvalue weighted by Gasteiger charge is -2.35. The Morgan fingerprint density at radius 1 is 0.708 bits per heavy atom. The quantitative estimate of drug-likeness (QED) is 0.335. The maximum Gasteiger partial charge on any atom is 0.162 e. The lowest BCUT2D eigenvalue weighted by atomic mass is 10.2. The van der Waals surface area contributed by atoms with Crippen molar-refractivity contribution < 1.29 is 10.1 Å². The zero-order valence-electron chi connectivity index (χ0n) is 14.8. The van der Waals surface area contributed by atoms with Gasteiger partial charge in [-0.1, -0.05) is 49.5 Å². The van der Waals surface area contributed by atoms with Crippen molar-refractivity contribution in [1.82, 2.24) is 19.8 Å². The van der Waals surface area contributed by atoms with Crippen molar-refractivity contribution in [2.24, 2.45) is 0 Å². The lowest BCUT2D eigenvalue weighted by molar-refractivity contribution is -0.685. The molecule has 0 aliphatic carbocycles. The van der Waals surface area contributed by atoms with E-state index >= 15 is 0 Å². The second-order valence-electron chi connectivity index (χ2n) is 6.26. The average molecular weight is 346 g/mol. The largest absolute Gasteiger partial charge is 0.259 e. The smallest absolute Gasteiger partial charge is 0.162 e. The summed E-state index contributed by atoms with van der Waals surface area (Å²) in [5.41, 5.74) is 0. The molecule has 1 aliphatic heterocycles. The minimum absolute atomic E-state index is 0.103. The molecule has 1 aliphatic rings. The minimum atomic E-state index is -0.401. The Balaban J connectivity index is 2.76. The normalized spacial score (nSPS) is 17.6. The summed E-state index contributed by atoms with van der Waals surface area (Å²) in [7, 11) is 0. The van der Waals surface area contributed by atoms with E-state index in [9.17, 15) is 20.2 Å². The highest BCUT2D eigenvalue weighted by Gasteiger charge is 2.31. The molecule has 140 valence electrons. The zero-order valence-corrected chi connectivity index (χ0v) is 14.8. The van der Waals surface area contributed by atoms with Crippen LogP contribution in [0.15, 0.2) is 0 Å². The van der Waals surface area contributed by atoms with E-state index in [1.165, 1.54) is 0 Å². The topological polar surface area (TPSA) is 99.2 Å². The summed E-state index contributed by atoms with van der Waals surface area (Å²) >= 11 is 0. The molecule has 0 saturated carbocycles. The molecule has 1 rings (SSSR count). The highest BCUT2D eigenvalue weighted by molar-refractivity contribution is 4.63. The van der Waals surface area contributed by atoms with Crippen molar-refractivity contribution in [1.29, 1.82) is 0 Å². The average Bonchev–Trinajstić information content (AvgIpc) is 2.50. The number of hydrogen-bond acceptors (Lipinski definition) is 6. The van der Waals surface area contributed by atoms with Gasteiger partial charge >= 0.3 is 0 Å². The van der Waals surface area contributed by atoms with Gasteiger partial charge in [-0.15, -0.1) is 0 Å². The number of unbranched alkanes of at least 4 members (excludes halogenated alkanes) is 4. The molecular formula is C14H30N6O4. The van der Waals surface area contributed by atoms with Crippen LogP contribution in [-0.2, 0) is 0 Å². The van der Waals surface area contributed by atoms with E-state index in [1.54, 1.807) is 9.80 Å². The number of hydrogen-bond donors (Lipinski definition) is 0. The van der Waals surface area contributed by atoms with Crippen LogP contribution in [0.2, 0.25) is 0 Å². The summed E-state index contributed by atoms with van der Waals surface area (Å²) in [6.45, 7) is 5.81. The maximum absolute atomic E-state index is 11.3. The molecule has 0 amide bonds. The molecule has 24 heavy (non-hydrogen) atoms. The molecule has 10 nitrogen and oxygen atoms in total. The predicted octanol–water partition coefficient (Wildman–Crippen LogP) is 1.80. The Labute approximate surface area is 143 Å². The first-order valence-electron chi connectivity index (χ1n) is 8.71. The van der Waals surface area contributed by atoms with Gasteiger partial charge in [0.05, 0.1) is 0 Å². The molecule has 1 heterocycles. The number of nitrogens with zero attached hydrogens (tertiary/aromatic N) is 6. The number of rotatable bonds is 10. The van der Waals surface area contributed by atoms with Crippen LogP contribution in [-0.4, -0.2) is 69.6 Å². The van der Waals surface area contributed by atoms with Crippen LogP contribution < -0.4 is 0 Å². The maximum atomic E-state index is 11.3. The molecule has 10 heteroatoms. The molecule has 0 N–H and O–H groups in total. The first kappa shape index (κ1) is 20.4. The van der Waals surface area contributed by atoms with Crippen LogP contribution in [0.5, 0.6) is 0 Å². The summed E-state index contributed by atoms with van der Waals surface area (Å²) in [5.74, 6) is 0. The summed E-state index contributed by atoms with van der Waals surface area (Å²) < 4.78 is 0. The van der Waals surface area contributed by atoms with Gasteiger partial charge in [0.1, 0.15) is 26.7 Å². The number of nitro groups is 2. The Bertz CT molecular complexity index is 349. The molecule has 0 bridgehead atoms. The highest BCUT2D eigenvalue weighted by atomic mass is 16.7. The summed E-state index contributed by atoms with van der Waals surface area (Å²) in [4.78, 5) is 26.2. The van der Waals surface area contributed by atoms with Crippen molar-refractivity contribution in [3.05, 3.63) is 20.2 Å². The second-order valence-corrected chi connectivity index (χ2v) is 6.26. The minimum Gasteiger partial charge on any atom is -0.259 e. The van der Waals surface area contributed by atoms with Gasteiger partial charge in [0, 0.05) is 13.1 Å². The van der Waals surface area contributed by atoms with Gasteiger partial charge in [-0.25, -0.2) is 20.2 Å². The molecule has 1 fully saturated rings. The van der Waals surface area contributed by atoms with Crippen molar-refractivity contribution in [2.75, 3.05) is 39.8 Å². The third-order valence-corrected chi connectivity index (χ3v) is 4.07. The van der Waals surface area contributed by atoms with E-state index < -0.39 is 10.1 Å². The zero-order chi connectivity index (χ0) is 17.9. The van der Waals surface area contributed by atoms with Crippen LogP contribution in [0.4, 0.5) is 0 Å². The van der Waals surface area contributed by atoms with Gasteiger partial charge in [-0.2, -0.15) is 0 Å². The van der Waals surface area contributed by atoms with E-state index in [1.807, 2.05) is 0 Å². The van der Waals surface area contributed by atoms with Crippen molar-refractivity contribution in [3.63, 3.8) is 0 Å². The van der Waals surface area contributed by atoms with E-state index in [0.717, 1.165) is 48.5 Å². The van der Waals surface area contributed by atoms with Gasteiger partial charge in [0.15, 0.2) is 10.1 Å². The van der Waals surface area contributed by atoms with E-state index in [-0.39, 0.29) is 26.7 Å². The fourth-order valence-electron chi connectivity index (χ4n) is 2.76. The molecule has 0 aromatic rings. The monoisotopic (exact) mass is 346 g/mol. The Hall–Kier alpha value is -1.68. The third-order valence-electron chi connectivity index (χ3n) is 4.07. The molecular weight excluding hydrogens is 316 g/mol. The third kappa shape index (κ3) is 7.26.